The van der Waals surface area contributed by atoms with Gasteiger partial charge in [0.25, 0.3) is 0 Å². The molecule has 1 heterocycles. The van der Waals surface area contributed by atoms with E-state index in [1.54, 1.807) is 6.20 Å². The fourth-order valence-corrected chi connectivity index (χ4v) is 1.03. The molecule has 0 bridgehead atoms. The number of ether oxygens (including phenoxy) is 1. The number of aromatic nitrogens is 1. The molecular weight excluding hydrogens is 164 g/mol. The lowest BCUT2D eigenvalue weighted by Crippen LogP contribution is -2.02. The SMILES string of the molecule is NCCCCCOc1ccccn1. The van der Waals surface area contributed by atoms with Gasteiger partial charge in [-0.1, -0.05) is 6.07 Å². The minimum absolute atomic E-state index is 0.704. The van der Waals surface area contributed by atoms with E-state index in [0.717, 1.165) is 32.4 Å². The van der Waals surface area contributed by atoms with Crippen molar-refractivity contribution in [2.75, 3.05) is 13.2 Å². The third-order valence-corrected chi connectivity index (χ3v) is 1.74. The van der Waals surface area contributed by atoms with Gasteiger partial charge < -0.3 is 10.5 Å². The van der Waals surface area contributed by atoms with Crippen molar-refractivity contribution < 1.29 is 4.74 Å². The Morgan fingerprint density at radius 3 is 2.85 bits per heavy atom. The highest BCUT2D eigenvalue weighted by atomic mass is 16.5. The van der Waals surface area contributed by atoms with E-state index in [2.05, 4.69) is 4.98 Å². The highest BCUT2D eigenvalue weighted by Gasteiger charge is 1.92. The molecule has 13 heavy (non-hydrogen) atoms. The number of nitrogens with zero attached hydrogens (tertiary/aromatic N) is 1. The third kappa shape index (κ3) is 4.48. The van der Waals surface area contributed by atoms with Crippen molar-refractivity contribution in [3.63, 3.8) is 0 Å². The fraction of sp³-hybridized carbons (Fsp3) is 0.500. The van der Waals surface area contributed by atoms with Crippen LogP contribution >= 0.6 is 0 Å². The van der Waals surface area contributed by atoms with Gasteiger partial charge >= 0.3 is 0 Å². The zero-order valence-corrected chi connectivity index (χ0v) is 7.78. The van der Waals surface area contributed by atoms with Crippen LogP contribution in [0.1, 0.15) is 19.3 Å². The van der Waals surface area contributed by atoms with Gasteiger partial charge in [-0.15, -0.1) is 0 Å². The summed E-state index contributed by atoms with van der Waals surface area (Å²) in [5.74, 6) is 0.704. The Balaban J connectivity index is 2.07. The summed E-state index contributed by atoms with van der Waals surface area (Å²) in [4.78, 5) is 4.05. The predicted molar refractivity (Wildman–Crippen MR) is 52.6 cm³/mol. The standard InChI is InChI=1S/C10H16N2O/c11-7-3-1-5-9-13-10-6-2-4-8-12-10/h2,4,6,8H,1,3,5,7,9,11H2. The quantitative estimate of drug-likeness (QED) is 0.676. The number of nitrogens with two attached hydrogens (primary N) is 1. The molecular formula is C10H16N2O. The monoisotopic (exact) mass is 180 g/mol. The second-order valence-electron chi connectivity index (χ2n) is 2.87. The minimum Gasteiger partial charge on any atom is -0.478 e. The number of hydrogen-bond donors (Lipinski definition) is 1. The average molecular weight is 180 g/mol. The number of rotatable bonds is 6. The maximum Gasteiger partial charge on any atom is 0.213 e. The van der Waals surface area contributed by atoms with Crippen LogP contribution in [0.2, 0.25) is 0 Å². The maximum atomic E-state index is 5.40. The van der Waals surface area contributed by atoms with Crippen molar-refractivity contribution in [2.24, 2.45) is 5.73 Å². The molecule has 0 unspecified atom stereocenters. The van der Waals surface area contributed by atoms with Crippen LogP contribution in [0.3, 0.4) is 0 Å². The van der Waals surface area contributed by atoms with Gasteiger partial charge in [0, 0.05) is 12.3 Å². The Bertz CT molecular complexity index is 213. The van der Waals surface area contributed by atoms with E-state index >= 15 is 0 Å². The van der Waals surface area contributed by atoms with Gasteiger partial charge in [0.15, 0.2) is 0 Å². The van der Waals surface area contributed by atoms with Crippen LogP contribution in [0.25, 0.3) is 0 Å². The summed E-state index contributed by atoms with van der Waals surface area (Å²) in [5.41, 5.74) is 5.37. The summed E-state index contributed by atoms with van der Waals surface area (Å²) >= 11 is 0. The van der Waals surface area contributed by atoms with E-state index in [1.807, 2.05) is 18.2 Å². The van der Waals surface area contributed by atoms with Crippen LogP contribution in [0.15, 0.2) is 24.4 Å². The van der Waals surface area contributed by atoms with E-state index in [0.29, 0.717) is 5.88 Å². The van der Waals surface area contributed by atoms with Gasteiger partial charge in [-0.3, -0.25) is 0 Å². The summed E-state index contributed by atoms with van der Waals surface area (Å²) in [6, 6.07) is 5.66. The Kier molecular flexibility index (Phi) is 4.94. The van der Waals surface area contributed by atoms with E-state index in [1.165, 1.54) is 0 Å². The van der Waals surface area contributed by atoms with E-state index in [4.69, 9.17) is 10.5 Å². The molecule has 0 atom stereocenters. The first-order chi connectivity index (χ1) is 6.43. The van der Waals surface area contributed by atoms with Gasteiger partial charge in [-0.25, -0.2) is 4.98 Å². The highest BCUT2D eigenvalue weighted by molar-refractivity contribution is 5.08. The molecule has 0 aromatic carbocycles. The zero-order valence-electron chi connectivity index (χ0n) is 7.78. The molecule has 0 amide bonds. The smallest absolute Gasteiger partial charge is 0.213 e. The molecule has 0 aliphatic rings. The molecule has 3 heteroatoms. The van der Waals surface area contributed by atoms with Gasteiger partial charge in [-0.05, 0) is 31.9 Å². The summed E-state index contributed by atoms with van der Waals surface area (Å²) in [6.45, 7) is 1.50. The molecule has 0 aliphatic heterocycles. The topological polar surface area (TPSA) is 48.1 Å². The second-order valence-corrected chi connectivity index (χ2v) is 2.87. The lowest BCUT2D eigenvalue weighted by atomic mass is 10.2. The van der Waals surface area contributed by atoms with Crippen molar-refractivity contribution >= 4 is 0 Å². The zero-order chi connectivity index (χ0) is 9.36. The van der Waals surface area contributed by atoms with E-state index < -0.39 is 0 Å². The summed E-state index contributed by atoms with van der Waals surface area (Å²) in [6.07, 6.45) is 4.98. The molecule has 1 aromatic heterocycles. The molecule has 0 radical (unpaired) electrons. The van der Waals surface area contributed by atoms with Gasteiger partial charge in [0.1, 0.15) is 0 Å². The molecule has 0 fully saturated rings. The number of unbranched alkanes of at least 4 members (excludes halogenated alkanes) is 2. The molecule has 3 nitrogen and oxygen atoms in total. The largest absolute Gasteiger partial charge is 0.478 e. The molecule has 0 spiro atoms. The van der Waals surface area contributed by atoms with Gasteiger partial charge in [-0.2, -0.15) is 0 Å². The fourth-order valence-electron chi connectivity index (χ4n) is 1.03. The van der Waals surface area contributed by atoms with Crippen molar-refractivity contribution in [3.8, 4) is 5.88 Å². The minimum atomic E-state index is 0.704. The summed E-state index contributed by atoms with van der Waals surface area (Å²) in [7, 11) is 0. The van der Waals surface area contributed by atoms with Crippen LogP contribution in [0, 0.1) is 0 Å². The van der Waals surface area contributed by atoms with Crippen LogP contribution < -0.4 is 10.5 Å². The first kappa shape index (κ1) is 9.99. The Morgan fingerprint density at radius 2 is 2.15 bits per heavy atom. The number of pyridine rings is 1. The van der Waals surface area contributed by atoms with E-state index in [9.17, 15) is 0 Å². The van der Waals surface area contributed by atoms with Crippen LogP contribution in [-0.2, 0) is 0 Å². The maximum absolute atomic E-state index is 5.40. The first-order valence-electron chi connectivity index (χ1n) is 4.67. The first-order valence-corrected chi connectivity index (χ1v) is 4.67. The normalized spacial score (nSPS) is 9.92. The molecule has 2 N–H and O–H groups in total. The molecule has 1 aromatic rings. The Hall–Kier alpha value is -1.09. The molecule has 1 rings (SSSR count). The van der Waals surface area contributed by atoms with Crippen LogP contribution in [0.5, 0.6) is 5.88 Å². The highest BCUT2D eigenvalue weighted by Crippen LogP contribution is 2.04. The van der Waals surface area contributed by atoms with Crippen molar-refractivity contribution in [2.45, 2.75) is 19.3 Å². The predicted octanol–water partition coefficient (Wildman–Crippen LogP) is 1.59. The van der Waals surface area contributed by atoms with Crippen LogP contribution in [0.4, 0.5) is 0 Å². The Labute approximate surface area is 78.9 Å². The molecule has 72 valence electrons. The van der Waals surface area contributed by atoms with Crippen LogP contribution in [-0.4, -0.2) is 18.1 Å². The molecule has 0 aliphatic carbocycles. The number of hydrogen-bond acceptors (Lipinski definition) is 3. The van der Waals surface area contributed by atoms with Crippen molar-refractivity contribution in [3.05, 3.63) is 24.4 Å². The Morgan fingerprint density at radius 1 is 1.23 bits per heavy atom. The lowest BCUT2D eigenvalue weighted by Gasteiger charge is -2.03. The second kappa shape index (κ2) is 6.43. The summed E-state index contributed by atoms with van der Waals surface area (Å²) in [5, 5.41) is 0. The van der Waals surface area contributed by atoms with Crippen molar-refractivity contribution in [1.82, 2.24) is 4.98 Å². The molecule has 0 saturated carbocycles. The lowest BCUT2D eigenvalue weighted by molar-refractivity contribution is 0.294. The van der Waals surface area contributed by atoms with E-state index in [-0.39, 0.29) is 0 Å². The van der Waals surface area contributed by atoms with Gasteiger partial charge in [0.05, 0.1) is 6.61 Å². The van der Waals surface area contributed by atoms with Gasteiger partial charge in [0.2, 0.25) is 5.88 Å². The van der Waals surface area contributed by atoms with Crippen molar-refractivity contribution in [1.29, 1.82) is 0 Å². The summed E-state index contributed by atoms with van der Waals surface area (Å²) < 4.78 is 5.40. The molecule has 0 saturated heterocycles. The average Bonchev–Trinajstić information content (AvgIpc) is 2.19. The third-order valence-electron chi connectivity index (χ3n) is 1.74.